The van der Waals surface area contributed by atoms with E-state index in [1.165, 1.54) is 44.9 Å². The summed E-state index contributed by atoms with van der Waals surface area (Å²) in [7, 11) is 0. The zero-order valence-corrected chi connectivity index (χ0v) is 12.5. The smallest absolute Gasteiger partial charge is 0.118 e. The second-order valence-corrected chi connectivity index (χ2v) is 6.41. The van der Waals surface area contributed by atoms with E-state index in [1.54, 1.807) is 0 Å². The lowest BCUT2D eigenvalue weighted by Gasteiger charge is -2.43. The van der Waals surface area contributed by atoms with Gasteiger partial charge in [-0.05, 0) is 48.6 Å². The van der Waals surface area contributed by atoms with E-state index in [1.807, 2.05) is 18.2 Å². The number of rotatable bonds is 5. The first-order chi connectivity index (χ1) is 9.18. The summed E-state index contributed by atoms with van der Waals surface area (Å²) < 4.78 is 0. The number of phenols is 1. The molecule has 1 unspecified atom stereocenters. The van der Waals surface area contributed by atoms with E-state index >= 15 is 0 Å². The third-order valence-electron chi connectivity index (χ3n) is 5.16. The summed E-state index contributed by atoms with van der Waals surface area (Å²) in [6.45, 7) is 4.70. The van der Waals surface area contributed by atoms with Crippen LogP contribution >= 0.6 is 0 Å². The number of aromatic hydroxyl groups is 1. The van der Waals surface area contributed by atoms with Crippen molar-refractivity contribution in [3.63, 3.8) is 0 Å². The van der Waals surface area contributed by atoms with E-state index in [2.05, 4.69) is 19.9 Å². The second kappa shape index (κ2) is 6.45. The Hall–Kier alpha value is -0.980. The van der Waals surface area contributed by atoms with Gasteiger partial charge in [-0.3, -0.25) is 0 Å². The molecule has 0 amide bonds. The maximum atomic E-state index is 9.97. The van der Waals surface area contributed by atoms with Gasteiger partial charge in [0.25, 0.3) is 0 Å². The fraction of sp³-hybridized carbons (Fsp3) is 0.667. The van der Waals surface area contributed by atoms with Crippen molar-refractivity contribution < 1.29 is 5.11 Å². The number of phenolic OH excluding ortho intramolecular Hbond substituents is 1. The van der Waals surface area contributed by atoms with Crippen molar-refractivity contribution in [1.29, 1.82) is 0 Å². The Morgan fingerprint density at radius 3 is 2.47 bits per heavy atom. The van der Waals surface area contributed by atoms with Crippen molar-refractivity contribution in [2.75, 3.05) is 0 Å². The van der Waals surface area contributed by atoms with Gasteiger partial charge in [-0.25, -0.2) is 0 Å². The molecule has 1 saturated carbocycles. The van der Waals surface area contributed by atoms with Crippen LogP contribution in [-0.4, -0.2) is 5.11 Å². The lowest BCUT2D eigenvalue weighted by molar-refractivity contribution is 0.0927. The van der Waals surface area contributed by atoms with Crippen LogP contribution in [0.25, 0.3) is 0 Å². The minimum atomic E-state index is 0.469. The van der Waals surface area contributed by atoms with Crippen LogP contribution in [0.5, 0.6) is 5.75 Å². The summed E-state index contributed by atoms with van der Waals surface area (Å²) >= 11 is 0. The van der Waals surface area contributed by atoms with Gasteiger partial charge in [-0.1, -0.05) is 57.7 Å². The number of hydrogen-bond acceptors (Lipinski definition) is 1. The van der Waals surface area contributed by atoms with Gasteiger partial charge in [-0.15, -0.1) is 0 Å². The van der Waals surface area contributed by atoms with Gasteiger partial charge in [-0.2, -0.15) is 0 Å². The fourth-order valence-corrected chi connectivity index (χ4v) is 3.97. The van der Waals surface area contributed by atoms with Crippen molar-refractivity contribution in [1.82, 2.24) is 0 Å². The molecule has 19 heavy (non-hydrogen) atoms. The molecule has 1 N–H and O–H groups in total. The summed E-state index contributed by atoms with van der Waals surface area (Å²) in [6, 6.07) is 7.84. The summed E-state index contributed by atoms with van der Waals surface area (Å²) in [6.07, 6.45) is 10.6. The highest BCUT2D eigenvalue weighted by Gasteiger charge is 2.36. The first kappa shape index (κ1) is 14.4. The predicted octanol–water partition coefficient (Wildman–Crippen LogP) is 5.32. The van der Waals surface area contributed by atoms with E-state index < -0.39 is 0 Å². The maximum absolute atomic E-state index is 9.97. The van der Waals surface area contributed by atoms with Crippen molar-refractivity contribution in [2.24, 2.45) is 11.3 Å². The Kier molecular flexibility index (Phi) is 4.90. The summed E-state index contributed by atoms with van der Waals surface area (Å²) in [5.74, 6) is 1.14. The molecule has 0 saturated heterocycles. The number of hydrogen-bond donors (Lipinski definition) is 1. The lowest BCUT2D eigenvalue weighted by Crippen LogP contribution is -2.32. The van der Waals surface area contributed by atoms with Gasteiger partial charge in [0.1, 0.15) is 5.75 Å². The highest BCUT2D eigenvalue weighted by molar-refractivity contribution is 5.32. The Labute approximate surface area is 118 Å². The van der Waals surface area contributed by atoms with Gasteiger partial charge < -0.3 is 5.11 Å². The van der Waals surface area contributed by atoms with Gasteiger partial charge in [0.2, 0.25) is 0 Å². The second-order valence-electron chi connectivity index (χ2n) is 6.41. The summed E-state index contributed by atoms with van der Waals surface area (Å²) in [5, 5.41) is 9.97. The van der Waals surface area contributed by atoms with Crippen LogP contribution < -0.4 is 0 Å². The highest BCUT2D eigenvalue weighted by Crippen LogP contribution is 2.47. The van der Waals surface area contributed by atoms with Crippen LogP contribution in [0.1, 0.15) is 64.4 Å². The highest BCUT2D eigenvalue weighted by atomic mass is 16.3. The Bertz CT molecular complexity index is 385. The summed E-state index contributed by atoms with van der Waals surface area (Å²) in [4.78, 5) is 0. The van der Waals surface area contributed by atoms with Gasteiger partial charge in [0.05, 0.1) is 0 Å². The van der Waals surface area contributed by atoms with Crippen molar-refractivity contribution >= 4 is 0 Å². The van der Waals surface area contributed by atoms with Crippen LogP contribution in [0.3, 0.4) is 0 Å². The minimum absolute atomic E-state index is 0.469. The largest absolute Gasteiger partial charge is 0.508 e. The molecule has 106 valence electrons. The first-order valence-corrected chi connectivity index (χ1v) is 7.95. The molecule has 1 fully saturated rings. The topological polar surface area (TPSA) is 20.2 Å². The molecule has 0 spiro atoms. The molecule has 1 aromatic carbocycles. The van der Waals surface area contributed by atoms with E-state index in [9.17, 15) is 5.11 Å². The maximum Gasteiger partial charge on any atom is 0.118 e. The molecule has 1 heteroatoms. The van der Waals surface area contributed by atoms with Crippen LogP contribution in [0, 0.1) is 11.3 Å². The minimum Gasteiger partial charge on any atom is -0.508 e. The monoisotopic (exact) mass is 260 g/mol. The predicted molar refractivity (Wildman–Crippen MR) is 81.4 cm³/mol. The van der Waals surface area contributed by atoms with E-state index in [0.717, 1.165) is 12.0 Å². The van der Waals surface area contributed by atoms with Crippen molar-refractivity contribution in [3.05, 3.63) is 29.8 Å². The molecule has 0 heterocycles. The molecule has 1 atom stereocenters. The van der Waals surface area contributed by atoms with Crippen LogP contribution in [0.4, 0.5) is 0 Å². The molecule has 1 aliphatic rings. The fourth-order valence-electron chi connectivity index (χ4n) is 3.97. The number of para-hydroxylation sites is 1. The quantitative estimate of drug-likeness (QED) is 0.759. The number of benzene rings is 1. The molecule has 1 aromatic rings. The zero-order valence-electron chi connectivity index (χ0n) is 12.5. The van der Waals surface area contributed by atoms with Crippen LogP contribution in [0.2, 0.25) is 0 Å². The third-order valence-corrected chi connectivity index (χ3v) is 5.16. The molecule has 0 bridgehead atoms. The first-order valence-electron chi connectivity index (χ1n) is 7.95. The molecule has 2 rings (SSSR count). The molecule has 0 aromatic heterocycles. The molecule has 0 radical (unpaired) electrons. The van der Waals surface area contributed by atoms with Gasteiger partial charge in [0, 0.05) is 0 Å². The Morgan fingerprint density at radius 1 is 1.16 bits per heavy atom. The molecular formula is C18H28O. The molecule has 1 aliphatic carbocycles. The van der Waals surface area contributed by atoms with E-state index in [-0.39, 0.29) is 0 Å². The zero-order chi connectivity index (χ0) is 13.7. The van der Waals surface area contributed by atoms with Crippen LogP contribution in [-0.2, 0) is 6.42 Å². The van der Waals surface area contributed by atoms with Crippen molar-refractivity contribution in [2.45, 2.75) is 65.2 Å². The average Bonchev–Trinajstić information content (AvgIpc) is 2.42. The third kappa shape index (κ3) is 3.32. The Morgan fingerprint density at radius 2 is 1.84 bits per heavy atom. The van der Waals surface area contributed by atoms with E-state index in [4.69, 9.17) is 0 Å². The molecular weight excluding hydrogens is 232 g/mol. The normalized spacial score (nSPS) is 20.1. The standard InChI is InChI=1S/C18H28O/c1-3-11-18(12-7-4-8-13-18)15(2)14-16-9-5-6-10-17(16)19/h5-6,9-10,15,19H,3-4,7-8,11-14H2,1-2H3. The average molecular weight is 260 g/mol. The summed E-state index contributed by atoms with van der Waals surface area (Å²) in [5.41, 5.74) is 1.64. The van der Waals surface area contributed by atoms with Gasteiger partial charge in [0.15, 0.2) is 0 Å². The Balaban J connectivity index is 2.11. The van der Waals surface area contributed by atoms with Crippen LogP contribution in [0.15, 0.2) is 24.3 Å². The van der Waals surface area contributed by atoms with Gasteiger partial charge >= 0.3 is 0 Å². The SMILES string of the molecule is CCCC1(C(C)Cc2ccccc2O)CCCCC1. The molecule has 0 aliphatic heterocycles. The molecule has 1 nitrogen and oxygen atoms in total. The lowest BCUT2D eigenvalue weighted by atomic mass is 9.62. The van der Waals surface area contributed by atoms with Crippen molar-refractivity contribution in [3.8, 4) is 5.75 Å². The van der Waals surface area contributed by atoms with E-state index in [0.29, 0.717) is 17.1 Å².